The van der Waals surface area contributed by atoms with Gasteiger partial charge in [0.1, 0.15) is 5.60 Å². The van der Waals surface area contributed by atoms with E-state index in [-0.39, 0.29) is 5.60 Å². The molecule has 0 bridgehead atoms. The van der Waals surface area contributed by atoms with Crippen LogP contribution in [0, 0.1) is 0 Å². The number of nitrogens with zero attached hydrogens (tertiary/aromatic N) is 1. The lowest BCUT2D eigenvalue weighted by Crippen LogP contribution is -2.28. The molecule has 2 aromatic rings. The number of fused-ring (bicyclic) bond motifs is 1. The summed E-state index contributed by atoms with van der Waals surface area (Å²) in [5.74, 6) is 0. The molecule has 1 aliphatic rings. The van der Waals surface area contributed by atoms with Crippen LogP contribution in [-0.4, -0.2) is 25.5 Å². The fourth-order valence-corrected chi connectivity index (χ4v) is 3.26. The Morgan fingerprint density at radius 2 is 1.71 bits per heavy atom. The van der Waals surface area contributed by atoms with Gasteiger partial charge >= 0.3 is 0 Å². The second-order valence-electron chi connectivity index (χ2n) is 6.05. The second kappa shape index (κ2) is 6.00. The van der Waals surface area contributed by atoms with Gasteiger partial charge in [-0.3, -0.25) is 0 Å². The number of ether oxygens (including phenoxy) is 1. The predicted octanol–water partition coefficient (Wildman–Crippen LogP) is 3.80. The first-order valence-electron chi connectivity index (χ1n) is 7.65. The molecular formula is C19H23NO. The third-order valence-electron chi connectivity index (χ3n) is 4.30. The maximum absolute atomic E-state index is 6.36. The monoisotopic (exact) mass is 281 g/mol. The molecular weight excluding hydrogens is 258 g/mol. The molecule has 110 valence electrons. The molecule has 2 heteroatoms. The van der Waals surface area contributed by atoms with Gasteiger partial charge in [-0.05, 0) is 50.2 Å². The van der Waals surface area contributed by atoms with E-state index in [0.717, 1.165) is 19.4 Å². The highest BCUT2D eigenvalue weighted by atomic mass is 16.5. The van der Waals surface area contributed by atoms with Crippen LogP contribution >= 0.6 is 0 Å². The molecule has 0 saturated carbocycles. The minimum atomic E-state index is -0.270. The number of hydrogen-bond acceptors (Lipinski definition) is 2. The average Bonchev–Trinajstić information content (AvgIpc) is 2.88. The smallest absolute Gasteiger partial charge is 0.119 e. The summed E-state index contributed by atoms with van der Waals surface area (Å²) >= 11 is 0. The van der Waals surface area contributed by atoms with Crippen molar-refractivity contribution < 1.29 is 4.74 Å². The number of hydrogen-bond donors (Lipinski definition) is 0. The van der Waals surface area contributed by atoms with Crippen molar-refractivity contribution in [3.8, 4) is 0 Å². The SMILES string of the molecule is CN(C)CCC[C@@]1(c2ccccc2)OCc2ccccc21. The molecule has 2 aromatic carbocycles. The van der Waals surface area contributed by atoms with E-state index < -0.39 is 0 Å². The molecule has 0 amide bonds. The van der Waals surface area contributed by atoms with Crippen molar-refractivity contribution in [1.82, 2.24) is 4.90 Å². The van der Waals surface area contributed by atoms with Crippen molar-refractivity contribution in [2.75, 3.05) is 20.6 Å². The standard InChI is InChI=1S/C19H23NO/c1-20(2)14-8-13-19(17-10-4-3-5-11-17)18-12-7-6-9-16(18)15-21-19/h3-7,9-12H,8,13-15H2,1-2H3/t19-/m0/s1. The first kappa shape index (κ1) is 14.3. The lowest BCUT2D eigenvalue weighted by atomic mass is 9.82. The molecule has 0 aromatic heterocycles. The highest BCUT2D eigenvalue weighted by Gasteiger charge is 2.40. The molecule has 2 nitrogen and oxygen atoms in total. The molecule has 0 saturated heterocycles. The molecule has 0 N–H and O–H groups in total. The van der Waals surface area contributed by atoms with Gasteiger partial charge in [0.2, 0.25) is 0 Å². The van der Waals surface area contributed by atoms with Crippen molar-refractivity contribution in [1.29, 1.82) is 0 Å². The third-order valence-corrected chi connectivity index (χ3v) is 4.30. The summed E-state index contributed by atoms with van der Waals surface area (Å²) in [4.78, 5) is 2.24. The number of rotatable bonds is 5. The first-order valence-corrected chi connectivity index (χ1v) is 7.65. The van der Waals surface area contributed by atoms with Gasteiger partial charge in [0.05, 0.1) is 6.61 Å². The molecule has 1 heterocycles. The Bertz CT molecular complexity index is 594. The minimum absolute atomic E-state index is 0.270. The molecule has 0 fully saturated rings. The summed E-state index contributed by atoms with van der Waals surface area (Å²) in [6.07, 6.45) is 2.14. The summed E-state index contributed by atoms with van der Waals surface area (Å²) in [6.45, 7) is 1.80. The van der Waals surface area contributed by atoms with Crippen LogP contribution in [0.25, 0.3) is 0 Å². The maximum Gasteiger partial charge on any atom is 0.119 e. The van der Waals surface area contributed by atoms with Crippen molar-refractivity contribution in [3.05, 3.63) is 71.3 Å². The van der Waals surface area contributed by atoms with Crippen LogP contribution in [0.5, 0.6) is 0 Å². The van der Waals surface area contributed by atoms with Gasteiger partial charge in [-0.15, -0.1) is 0 Å². The van der Waals surface area contributed by atoms with Gasteiger partial charge in [-0.1, -0.05) is 54.6 Å². The van der Waals surface area contributed by atoms with Crippen LogP contribution in [0.15, 0.2) is 54.6 Å². The van der Waals surface area contributed by atoms with E-state index in [1.807, 2.05) is 0 Å². The number of benzene rings is 2. The lowest BCUT2D eigenvalue weighted by molar-refractivity contribution is -0.0139. The molecule has 0 spiro atoms. The average molecular weight is 281 g/mol. The van der Waals surface area contributed by atoms with E-state index in [2.05, 4.69) is 73.6 Å². The fourth-order valence-electron chi connectivity index (χ4n) is 3.26. The quantitative estimate of drug-likeness (QED) is 0.826. The van der Waals surface area contributed by atoms with E-state index in [1.54, 1.807) is 0 Å². The molecule has 0 unspecified atom stereocenters. The molecule has 1 aliphatic heterocycles. The zero-order valence-corrected chi connectivity index (χ0v) is 12.9. The van der Waals surface area contributed by atoms with Crippen LogP contribution < -0.4 is 0 Å². The fraction of sp³-hybridized carbons (Fsp3) is 0.368. The van der Waals surface area contributed by atoms with E-state index >= 15 is 0 Å². The summed E-state index contributed by atoms with van der Waals surface area (Å²) in [5, 5.41) is 0. The normalized spacial score (nSPS) is 20.7. The third kappa shape index (κ3) is 2.74. The van der Waals surface area contributed by atoms with E-state index in [4.69, 9.17) is 4.74 Å². The first-order chi connectivity index (χ1) is 10.2. The molecule has 3 rings (SSSR count). The summed E-state index contributed by atoms with van der Waals surface area (Å²) < 4.78 is 6.36. The predicted molar refractivity (Wildman–Crippen MR) is 86.2 cm³/mol. The lowest BCUT2D eigenvalue weighted by Gasteiger charge is -2.31. The van der Waals surface area contributed by atoms with Gasteiger partial charge in [0.25, 0.3) is 0 Å². The van der Waals surface area contributed by atoms with Gasteiger partial charge in [-0.2, -0.15) is 0 Å². The van der Waals surface area contributed by atoms with Gasteiger partial charge in [0.15, 0.2) is 0 Å². The zero-order chi connectivity index (χ0) is 14.7. The highest BCUT2D eigenvalue weighted by Crippen LogP contribution is 2.45. The van der Waals surface area contributed by atoms with Crippen molar-refractivity contribution in [2.45, 2.75) is 25.0 Å². The Hall–Kier alpha value is -1.64. The summed E-state index contributed by atoms with van der Waals surface area (Å²) in [5.41, 5.74) is 3.67. The molecule has 0 aliphatic carbocycles. The minimum Gasteiger partial charge on any atom is -0.361 e. The van der Waals surface area contributed by atoms with Crippen molar-refractivity contribution >= 4 is 0 Å². The van der Waals surface area contributed by atoms with E-state index in [9.17, 15) is 0 Å². The van der Waals surface area contributed by atoms with Crippen LogP contribution in [0.2, 0.25) is 0 Å². The van der Waals surface area contributed by atoms with Gasteiger partial charge in [0, 0.05) is 0 Å². The van der Waals surface area contributed by atoms with E-state index in [0.29, 0.717) is 6.61 Å². The molecule has 1 atom stereocenters. The van der Waals surface area contributed by atoms with E-state index in [1.165, 1.54) is 16.7 Å². The van der Waals surface area contributed by atoms with Crippen LogP contribution in [-0.2, 0) is 16.9 Å². The zero-order valence-electron chi connectivity index (χ0n) is 12.9. The molecule has 21 heavy (non-hydrogen) atoms. The van der Waals surface area contributed by atoms with Crippen LogP contribution in [0.4, 0.5) is 0 Å². The largest absolute Gasteiger partial charge is 0.361 e. The Morgan fingerprint density at radius 3 is 2.48 bits per heavy atom. The van der Waals surface area contributed by atoms with Crippen LogP contribution in [0.3, 0.4) is 0 Å². The summed E-state index contributed by atoms with van der Waals surface area (Å²) in [6, 6.07) is 19.3. The summed E-state index contributed by atoms with van der Waals surface area (Å²) in [7, 11) is 4.25. The van der Waals surface area contributed by atoms with Crippen molar-refractivity contribution in [3.63, 3.8) is 0 Å². The topological polar surface area (TPSA) is 12.5 Å². The Morgan fingerprint density at radius 1 is 1.00 bits per heavy atom. The van der Waals surface area contributed by atoms with Gasteiger partial charge < -0.3 is 9.64 Å². The van der Waals surface area contributed by atoms with Crippen molar-refractivity contribution in [2.24, 2.45) is 0 Å². The van der Waals surface area contributed by atoms with Gasteiger partial charge in [-0.25, -0.2) is 0 Å². The maximum atomic E-state index is 6.36. The Labute approximate surface area is 127 Å². The second-order valence-corrected chi connectivity index (χ2v) is 6.05. The van der Waals surface area contributed by atoms with Crippen LogP contribution in [0.1, 0.15) is 29.5 Å². The Kier molecular flexibility index (Phi) is 4.09. The highest BCUT2D eigenvalue weighted by molar-refractivity contribution is 5.43. The molecule has 0 radical (unpaired) electrons. The Balaban J connectivity index is 1.97.